The Morgan fingerprint density at radius 1 is 1.47 bits per heavy atom. The molecule has 0 saturated carbocycles. The third kappa shape index (κ3) is 3.36. The predicted octanol–water partition coefficient (Wildman–Crippen LogP) is 3.19. The van der Waals surface area contributed by atoms with Crippen molar-refractivity contribution in [3.63, 3.8) is 0 Å². The largest absolute Gasteiger partial charge is 0.381 e. The maximum atomic E-state index is 8.98. The van der Waals surface area contributed by atoms with Crippen molar-refractivity contribution in [2.24, 2.45) is 0 Å². The molecule has 3 nitrogen and oxygen atoms in total. The van der Waals surface area contributed by atoms with E-state index in [-0.39, 0.29) is 6.10 Å². The molecule has 1 atom stereocenters. The van der Waals surface area contributed by atoms with E-state index in [1.165, 1.54) is 6.42 Å². The van der Waals surface area contributed by atoms with Crippen molar-refractivity contribution in [1.82, 2.24) is 0 Å². The third-order valence-corrected chi connectivity index (χ3v) is 3.13. The van der Waals surface area contributed by atoms with Crippen molar-refractivity contribution in [3.05, 3.63) is 28.8 Å². The van der Waals surface area contributed by atoms with Crippen molar-refractivity contribution >= 4 is 17.3 Å². The number of benzene rings is 1. The van der Waals surface area contributed by atoms with E-state index in [0.29, 0.717) is 10.6 Å². The maximum Gasteiger partial charge on any atom is 0.101 e. The van der Waals surface area contributed by atoms with Gasteiger partial charge in [-0.2, -0.15) is 5.26 Å². The zero-order chi connectivity index (χ0) is 12.1. The summed E-state index contributed by atoms with van der Waals surface area (Å²) in [4.78, 5) is 0. The molecule has 0 aliphatic carbocycles. The van der Waals surface area contributed by atoms with Gasteiger partial charge in [0.05, 0.1) is 17.4 Å². The molecule has 1 fully saturated rings. The predicted molar refractivity (Wildman–Crippen MR) is 68.2 cm³/mol. The molecule has 1 aromatic rings. The average Bonchev–Trinajstić information content (AvgIpc) is 2.38. The lowest BCUT2D eigenvalue weighted by Gasteiger charge is -2.23. The van der Waals surface area contributed by atoms with Crippen molar-refractivity contribution in [2.75, 3.05) is 18.5 Å². The second kappa shape index (κ2) is 5.90. The molecule has 1 aliphatic rings. The van der Waals surface area contributed by atoms with E-state index in [9.17, 15) is 0 Å². The molecule has 1 saturated heterocycles. The van der Waals surface area contributed by atoms with Crippen LogP contribution >= 0.6 is 11.6 Å². The third-order valence-electron chi connectivity index (χ3n) is 2.90. The molecule has 0 spiro atoms. The molecule has 0 aromatic heterocycles. The van der Waals surface area contributed by atoms with Crippen LogP contribution in [0.2, 0.25) is 5.02 Å². The first kappa shape index (κ1) is 12.2. The van der Waals surface area contributed by atoms with Crippen LogP contribution in [0.1, 0.15) is 24.8 Å². The zero-order valence-electron chi connectivity index (χ0n) is 9.58. The summed E-state index contributed by atoms with van der Waals surface area (Å²) in [7, 11) is 0. The van der Waals surface area contributed by atoms with Gasteiger partial charge < -0.3 is 10.1 Å². The Kier molecular flexibility index (Phi) is 4.24. The minimum Gasteiger partial charge on any atom is -0.381 e. The highest BCUT2D eigenvalue weighted by atomic mass is 35.5. The van der Waals surface area contributed by atoms with Gasteiger partial charge in [0.15, 0.2) is 0 Å². The van der Waals surface area contributed by atoms with Crippen LogP contribution in [-0.2, 0) is 4.74 Å². The van der Waals surface area contributed by atoms with E-state index in [2.05, 4.69) is 11.4 Å². The Balaban J connectivity index is 1.98. The van der Waals surface area contributed by atoms with E-state index in [1.54, 1.807) is 18.2 Å². The normalized spacial score (nSPS) is 19.6. The molecule has 17 heavy (non-hydrogen) atoms. The molecule has 90 valence electrons. The second-order valence-corrected chi connectivity index (χ2v) is 4.61. The number of hydrogen-bond acceptors (Lipinski definition) is 3. The van der Waals surface area contributed by atoms with Crippen molar-refractivity contribution in [1.29, 1.82) is 5.26 Å². The second-order valence-electron chi connectivity index (χ2n) is 4.17. The van der Waals surface area contributed by atoms with Gasteiger partial charge >= 0.3 is 0 Å². The molecule has 4 heteroatoms. The lowest BCUT2D eigenvalue weighted by atomic mass is 10.1. The fraction of sp³-hybridized carbons (Fsp3) is 0.462. The maximum absolute atomic E-state index is 8.98. The van der Waals surface area contributed by atoms with Crippen LogP contribution in [0.25, 0.3) is 0 Å². The van der Waals surface area contributed by atoms with Crippen molar-refractivity contribution in [3.8, 4) is 6.07 Å². The summed E-state index contributed by atoms with van der Waals surface area (Å²) in [5, 5.41) is 12.9. The van der Waals surface area contributed by atoms with Gasteiger partial charge in [0.2, 0.25) is 0 Å². The number of nitriles is 1. The summed E-state index contributed by atoms with van der Waals surface area (Å²) in [6.45, 7) is 1.57. The van der Waals surface area contributed by atoms with E-state index in [1.807, 2.05) is 0 Å². The van der Waals surface area contributed by atoms with E-state index >= 15 is 0 Å². The molecule has 0 amide bonds. The molecule has 0 radical (unpaired) electrons. The van der Waals surface area contributed by atoms with Crippen LogP contribution in [0.4, 0.5) is 5.69 Å². The van der Waals surface area contributed by atoms with Crippen LogP contribution in [0.15, 0.2) is 18.2 Å². The van der Waals surface area contributed by atoms with Crippen LogP contribution in [-0.4, -0.2) is 19.3 Å². The van der Waals surface area contributed by atoms with Gasteiger partial charge in [-0.1, -0.05) is 11.6 Å². The summed E-state index contributed by atoms with van der Waals surface area (Å²) in [5.41, 5.74) is 1.40. The monoisotopic (exact) mass is 250 g/mol. The van der Waals surface area contributed by atoms with Crippen LogP contribution in [0.5, 0.6) is 0 Å². The highest BCUT2D eigenvalue weighted by molar-refractivity contribution is 6.30. The lowest BCUT2D eigenvalue weighted by molar-refractivity contribution is 0.0247. The van der Waals surface area contributed by atoms with Gasteiger partial charge in [-0.15, -0.1) is 0 Å². The number of rotatable bonds is 3. The minimum atomic E-state index is 0.245. The highest BCUT2D eigenvalue weighted by Crippen LogP contribution is 2.21. The molecule has 1 unspecified atom stereocenters. The number of hydrogen-bond donors (Lipinski definition) is 1. The van der Waals surface area contributed by atoms with Gasteiger partial charge in [0.25, 0.3) is 0 Å². The van der Waals surface area contributed by atoms with Gasteiger partial charge in [0, 0.05) is 18.2 Å². The zero-order valence-corrected chi connectivity index (χ0v) is 10.3. The van der Waals surface area contributed by atoms with Crippen molar-refractivity contribution < 1.29 is 4.74 Å². The van der Waals surface area contributed by atoms with E-state index in [4.69, 9.17) is 21.6 Å². The Bertz CT molecular complexity index is 422. The summed E-state index contributed by atoms with van der Waals surface area (Å²) in [6, 6.07) is 7.38. The van der Waals surface area contributed by atoms with Crippen LogP contribution < -0.4 is 5.32 Å². The number of nitrogens with zero attached hydrogens (tertiary/aromatic N) is 1. The molecule has 1 heterocycles. The molecular weight excluding hydrogens is 236 g/mol. The van der Waals surface area contributed by atoms with Crippen molar-refractivity contribution in [2.45, 2.75) is 25.4 Å². The first-order chi connectivity index (χ1) is 8.29. The Labute approximate surface area is 106 Å². The smallest absolute Gasteiger partial charge is 0.101 e. The average molecular weight is 251 g/mol. The number of ether oxygens (including phenoxy) is 1. The minimum absolute atomic E-state index is 0.245. The van der Waals surface area contributed by atoms with E-state index in [0.717, 1.165) is 31.7 Å². The molecule has 2 rings (SSSR count). The Morgan fingerprint density at radius 3 is 3.06 bits per heavy atom. The summed E-state index contributed by atoms with van der Waals surface area (Å²) in [5.74, 6) is 0. The lowest BCUT2D eigenvalue weighted by Crippen LogP contribution is -2.27. The quantitative estimate of drug-likeness (QED) is 0.896. The first-order valence-electron chi connectivity index (χ1n) is 5.85. The first-order valence-corrected chi connectivity index (χ1v) is 6.22. The number of halogens is 1. The molecule has 1 aliphatic heterocycles. The fourth-order valence-electron chi connectivity index (χ4n) is 1.95. The number of nitrogens with one attached hydrogen (secondary N) is 1. The summed E-state index contributed by atoms with van der Waals surface area (Å²) in [6.07, 6.45) is 3.69. The number of anilines is 1. The van der Waals surface area contributed by atoms with Gasteiger partial charge in [-0.3, -0.25) is 0 Å². The van der Waals surface area contributed by atoms with Crippen LogP contribution in [0.3, 0.4) is 0 Å². The molecule has 1 N–H and O–H groups in total. The fourth-order valence-corrected chi connectivity index (χ4v) is 2.12. The topological polar surface area (TPSA) is 45.0 Å². The van der Waals surface area contributed by atoms with Crippen LogP contribution in [0, 0.1) is 11.3 Å². The van der Waals surface area contributed by atoms with Gasteiger partial charge in [-0.25, -0.2) is 0 Å². The standard InChI is InChI=1S/C13H15ClN2O/c14-11-5-4-10(8-15)13(7-11)16-9-12-3-1-2-6-17-12/h4-5,7,12,16H,1-3,6,9H2. The molecule has 0 bridgehead atoms. The van der Waals surface area contributed by atoms with E-state index < -0.39 is 0 Å². The highest BCUT2D eigenvalue weighted by Gasteiger charge is 2.14. The summed E-state index contributed by atoms with van der Waals surface area (Å²) >= 11 is 5.91. The van der Waals surface area contributed by atoms with Gasteiger partial charge in [-0.05, 0) is 37.5 Å². The molecule has 1 aromatic carbocycles. The summed E-state index contributed by atoms with van der Waals surface area (Å²) < 4.78 is 5.63. The van der Waals surface area contributed by atoms with Gasteiger partial charge in [0.1, 0.15) is 6.07 Å². The Hall–Kier alpha value is -1.24. The Morgan fingerprint density at radius 2 is 2.35 bits per heavy atom. The SMILES string of the molecule is N#Cc1ccc(Cl)cc1NCC1CCCCO1. The molecular formula is C13H15ClN2O.